The van der Waals surface area contributed by atoms with Gasteiger partial charge in [0.15, 0.2) is 16.8 Å². The van der Waals surface area contributed by atoms with Crippen LogP contribution in [0.5, 0.6) is 0 Å². The van der Waals surface area contributed by atoms with E-state index in [9.17, 15) is 17.2 Å². The predicted molar refractivity (Wildman–Crippen MR) is 134 cm³/mol. The Labute approximate surface area is 209 Å². The second kappa shape index (κ2) is 11.4. The van der Waals surface area contributed by atoms with Gasteiger partial charge in [-0.25, -0.2) is 22.2 Å². The highest BCUT2D eigenvalue weighted by Crippen LogP contribution is 2.31. The quantitative estimate of drug-likeness (QED) is 0.261. The molecule has 0 amide bonds. The topological polar surface area (TPSA) is 64.4 Å². The first-order valence-corrected chi connectivity index (χ1v) is 14.4. The molecule has 0 spiro atoms. The van der Waals surface area contributed by atoms with Crippen LogP contribution in [-0.2, 0) is 27.1 Å². The summed E-state index contributed by atoms with van der Waals surface area (Å²) in [5.41, 5.74) is 1.62. The number of piperidine rings is 1. The van der Waals surface area contributed by atoms with Crippen molar-refractivity contribution in [3.63, 3.8) is 0 Å². The molecule has 35 heavy (non-hydrogen) atoms. The van der Waals surface area contributed by atoms with Crippen LogP contribution in [0.25, 0.3) is 11.0 Å². The average molecular weight is 524 g/mol. The molecule has 2 heterocycles. The van der Waals surface area contributed by atoms with Crippen LogP contribution in [0.2, 0.25) is 0 Å². The molecule has 10 heteroatoms. The van der Waals surface area contributed by atoms with Gasteiger partial charge in [0, 0.05) is 44.2 Å². The van der Waals surface area contributed by atoms with E-state index in [1.807, 2.05) is 11.5 Å². The molecule has 4 rings (SSSR count). The fourth-order valence-corrected chi connectivity index (χ4v) is 6.99. The molecule has 0 radical (unpaired) electrons. The van der Waals surface area contributed by atoms with E-state index in [1.165, 1.54) is 17.8 Å². The van der Waals surface area contributed by atoms with Gasteiger partial charge in [-0.05, 0) is 56.4 Å². The monoisotopic (exact) mass is 523 g/mol. The lowest BCUT2D eigenvalue weighted by molar-refractivity contribution is 0.141. The molecule has 3 aromatic rings. The third-order valence-corrected chi connectivity index (χ3v) is 9.09. The van der Waals surface area contributed by atoms with Crippen molar-refractivity contribution < 1.29 is 21.9 Å². The van der Waals surface area contributed by atoms with Gasteiger partial charge in [-0.1, -0.05) is 30.8 Å². The number of aromatic nitrogens is 2. The van der Waals surface area contributed by atoms with Gasteiger partial charge in [-0.2, -0.15) is 4.31 Å². The molecule has 2 aromatic carbocycles. The Bertz CT molecular complexity index is 1280. The largest absolute Gasteiger partial charge is 0.382 e. The van der Waals surface area contributed by atoms with Gasteiger partial charge in [-0.3, -0.25) is 0 Å². The van der Waals surface area contributed by atoms with Crippen molar-refractivity contribution >= 4 is 32.8 Å². The number of fused-ring (bicyclic) bond motifs is 1. The van der Waals surface area contributed by atoms with E-state index in [1.54, 1.807) is 28.6 Å². The Hall–Kier alpha value is -2.01. The highest BCUT2D eigenvalue weighted by atomic mass is 32.2. The van der Waals surface area contributed by atoms with Gasteiger partial charge in [0.25, 0.3) is 0 Å². The van der Waals surface area contributed by atoms with E-state index in [0.717, 1.165) is 30.8 Å². The van der Waals surface area contributed by atoms with Gasteiger partial charge in [0.05, 0.1) is 15.9 Å². The standard InChI is InChI=1S/C25H31F2N3O3S2/c1-3-33-14-6-13-30-23-11-10-20(35(31,32)29-12-5-7-18(2)16-29)15-22(23)28-25(30)34-17-19-8-4-9-21(26)24(19)27/h4,8-11,15,18H,3,5-7,12-14,16-17H2,1-2H3/t18-/m0/s1. The molecule has 1 aromatic heterocycles. The van der Waals surface area contributed by atoms with Gasteiger partial charge in [-0.15, -0.1) is 0 Å². The first kappa shape index (κ1) is 26.1. The van der Waals surface area contributed by atoms with E-state index < -0.39 is 21.7 Å². The SMILES string of the molecule is CCOCCCn1c(SCc2cccc(F)c2F)nc2cc(S(=O)(=O)N3CCC[C@H](C)C3)ccc21. The van der Waals surface area contributed by atoms with Crippen molar-refractivity contribution in [2.45, 2.75) is 55.5 Å². The van der Waals surface area contributed by atoms with E-state index >= 15 is 0 Å². The number of imidazole rings is 1. The van der Waals surface area contributed by atoms with E-state index in [2.05, 4.69) is 6.92 Å². The summed E-state index contributed by atoms with van der Waals surface area (Å²) in [6.07, 6.45) is 2.63. The minimum Gasteiger partial charge on any atom is -0.382 e. The fraction of sp³-hybridized carbons (Fsp3) is 0.480. The Morgan fingerprint density at radius 3 is 2.83 bits per heavy atom. The normalized spacial score (nSPS) is 17.3. The lowest BCUT2D eigenvalue weighted by Crippen LogP contribution is -2.39. The van der Waals surface area contributed by atoms with Gasteiger partial charge in [0.1, 0.15) is 0 Å². The lowest BCUT2D eigenvalue weighted by Gasteiger charge is -2.30. The number of halogens is 2. The number of benzene rings is 2. The smallest absolute Gasteiger partial charge is 0.243 e. The number of sulfonamides is 1. The van der Waals surface area contributed by atoms with Crippen LogP contribution in [0.4, 0.5) is 8.78 Å². The maximum Gasteiger partial charge on any atom is 0.243 e. The molecule has 0 saturated carbocycles. The predicted octanol–water partition coefficient (Wildman–Crippen LogP) is 5.45. The van der Waals surface area contributed by atoms with Gasteiger partial charge >= 0.3 is 0 Å². The number of hydrogen-bond donors (Lipinski definition) is 0. The highest BCUT2D eigenvalue weighted by molar-refractivity contribution is 7.98. The second-order valence-electron chi connectivity index (χ2n) is 8.86. The van der Waals surface area contributed by atoms with Crippen molar-refractivity contribution in [1.82, 2.24) is 13.9 Å². The summed E-state index contributed by atoms with van der Waals surface area (Å²) in [6, 6.07) is 9.18. The van der Waals surface area contributed by atoms with Crippen LogP contribution in [0.15, 0.2) is 46.5 Å². The Kier molecular flexibility index (Phi) is 8.46. The van der Waals surface area contributed by atoms with Crippen LogP contribution in [0.1, 0.15) is 38.7 Å². The molecule has 0 aliphatic carbocycles. The molecule has 1 aliphatic rings. The number of ether oxygens (including phenoxy) is 1. The van der Waals surface area contributed by atoms with E-state index in [-0.39, 0.29) is 16.2 Å². The maximum atomic E-state index is 14.2. The van der Waals surface area contributed by atoms with Gasteiger partial charge < -0.3 is 9.30 Å². The summed E-state index contributed by atoms with van der Waals surface area (Å²) < 4.78 is 63.4. The molecular formula is C25H31F2N3O3S2. The lowest BCUT2D eigenvalue weighted by atomic mass is 10.0. The molecule has 6 nitrogen and oxygen atoms in total. The third kappa shape index (κ3) is 5.87. The molecule has 1 atom stereocenters. The van der Waals surface area contributed by atoms with Crippen molar-refractivity contribution in [3.05, 3.63) is 53.6 Å². The molecule has 0 unspecified atom stereocenters. The second-order valence-corrected chi connectivity index (χ2v) is 11.7. The number of hydrogen-bond acceptors (Lipinski definition) is 5. The van der Waals surface area contributed by atoms with Crippen molar-refractivity contribution in [2.75, 3.05) is 26.3 Å². The van der Waals surface area contributed by atoms with E-state index in [4.69, 9.17) is 9.72 Å². The summed E-state index contributed by atoms with van der Waals surface area (Å²) >= 11 is 1.30. The first-order valence-electron chi connectivity index (χ1n) is 11.9. The molecule has 190 valence electrons. The van der Waals surface area contributed by atoms with Crippen molar-refractivity contribution in [3.8, 4) is 0 Å². The van der Waals surface area contributed by atoms with Crippen LogP contribution >= 0.6 is 11.8 Å². The average Bonchev–Trinajstić information content (AvgIpc) is 3.19. The molecular weight excluding hydrogens is 492 g/mol. The Morgan fingerprint density at radius 1 is 1.23 bits per heavy atom. The molecule has 1 fully saturated rings. The zero-order valence-corrected chi connectivity index (χ0v) is 21.7. The Morgan fingerprint density at radius 2 is 2.06 bits per heavy atom. The minimum absolute atomic E-state index is 0.204. The minimum atomic E-state index is -3.61. The van der Waals surface area contributed by atoms with Crippen LogP contribution < -0.4 is 0 Å². The van der Waals surface area contributed by atoms with Crippen molar-refractivity contribution in [2.24, 2.45) is 5.92 Å². The van der Waals surface area contributed by atoms with Crippen molar-refractivity contribution in [1.29, 1.82) is 0 Å². The molecule has 0 N–H and O–H groups in total. The molecule has 0 bridgehead atoms. The summed E-state index contributed by atoms with van der Waals surface area (Å²) in [6.45, 7) is 6.87. The van der Waals surface area contributed by atoms with Crippen LogP contribution in [-0.4, -0.2) is 48.6 Å². The molecule has 1 aliphatic heterocycles. The first-order chi connectivity index (χ1) is 16.8. The third-order valence-electron chi connectivity index (χ3n) is 6.21. The summed E-state index contributed by atoms with van der Waals surface area (Å²) in [5, 5.41) is 0.626. The van der Waals surface area contributed by atoms with Gasteiger partial charge in [0.2, 0.25) is 10.0 Å². The maximum absolute atomic E-state index is 14.2. The fourth-order valence-electron chi connectivity index (χ4n) is 4.36. The van der Waals surface area contributed by atoms with E-state index in [0.29, 0.717) is 49.4 Å². The number of thioether (sulfide) groups is 1. The number of aryl methyl sites for hydroxylation is 1. The molecule has 1 saturated heterocycles. The highest BCUT2D eigenvalue weighted by Gasteiger charge is 2.29. The zero-order valence-electron chi connectivity index (χ0n) is 20.0. The summed E-state index contributed by atoms with van der Waals surface area (Å²) in [4.78, 5) is 4.93. The number of rotatable bonds is 10. The van der Waals surface area contributed by atoms with Crippen LogP contribution in [0, 0.1) is 17.6 Å². The number of nitrogens with zero attached hydrogens (tertiary/aromatic N) is 3. The zero-order chi connectivity index (χ0) is 25.0. The summed E-state index contributed by atoms with van der Waals surface area (Å²) in [5.74, 6) is -1.20. The summed E-state index contributed by atoms with van der Waals surface area (Å²) in [7, 11) is -3.61. The van der Waals surface area contributed by atoms with Crippen LogP contribution in [0.3, 0.4) is 0 Å². The Balaban J connectivity index is 1.64.